The Morgan fingerprint density at radius 2 is 2.04 bits per heavy atom. The quantitative estimate of drug-likeness (QED) is 0.677. The molecule has 3 rings (SSSR count). The first-order valence-electron chi connectivity index (χ1n) is 7.77. The van der Waals surface area contributed by atoms with Crippen LogP contribution in [0.1, 0.15) is 31.1 Å². The summed E-state index contributed by atoms with van der Waals surface area (Å²) in [4.78, 5) is 27.9. The number of nitrogens with zero attached hydrogens (tertiary/aromatic N) is 2. The van der Waals surface area contributed by atoms with E-state index in [1.165, 1.54) is 0 Å². The first-order chi connectivity index (χ1) is 12.2. The van der Waals surface area contributed by atoms with Crippen molar-refractivity contribution < 1.29 is 24.2 Å². The van der Waals surface area contributed by atoms with Crippen LogP contribution in [0.5, 0.6) is 11.5 Å². The zero-order valence-electron chi connectivity index (χ0n) is 14.4. The lowest BCUT2D eigenvalue weighted by Gasteiger charge is -2.24. The summed E-state index contributed by atoms with van der Waals surface area (Å²) in [7, 11) is 0. The molecule has 2 heterocycles. The Morgan fingerprint density at radius 1 is 1.31 bits per heavy atom. The van der Waals surface area contributed by atoms with Crippen LogP contribution in [0.4, 0.5) is 5.95 Å². The predicted octanol–water partition coefficient (Wildman–Crippen LogP) is 2.38. The van der Waals surface area contributed by atoms with E-state index in [4.69, 9.17) is 9.47 Å². The number of thioether (sulfide) groups is 1. The first kappa shape index (κ1) is 18.1. The van der Waals surface area contributed by atoms with Crippen LogP contribution < -0.4 is 14.8 Å². The van der Waals surface area contributed by atoms with Gasteiger partial charge in [-0.25, -0.2) is 5.10 Å². The van der Waals surface area contributed by atoms with E-state index in [9.17, 15) is 14.7 Å². The predicted molar refractivity (Wildman–Crippen MR) is 93.6 cm³/mol. The maximum Gasteiger partial charge on any atom is 0.317 e. The molecule has 1 atom stereocenters. The Balaban J connectivity index is 1.68. The SMILES string of the molecule is CC(C)(C)C(Sc1n[nH]c(NC(=O)c2ccc3c(c2)OCO3)n1)C(=O)O. The molecule has 2 aromatic rings. The maximum atomic E-state index is 12.3. The number of ether oxygens (including phenoxy) is 2. The Kier molecular flexibility index (Phi) is 4.77. The second-order valence-electron chi connectivity index (χ2n) is 6.69. The molecule has 0 bridgehead atoms. The molecule has 26 heavy (non-hydrogen) atoms. The number of carbonyl (C=O) groups excluding carboxylic acids is 1. The molecule has 0 saturated heterocycles. The summed E-state index contributed by atoms with van der Waals surface area (Å²) >= 11 is 1.02. The Hall–Kier alpha value is -2.75. The van der Waals surface area contributed by atoms with Gasteiger partial charge in [-0.1, -0.05) is 32.5 Å². The topological polar surface area (TPSA) is 126 Å². The number of benzene rings is 1. The molecule has 1 aliphatic heterocycles. The smallest absolute Gasteiger partial charge is 0.317 e. The fraction of sp³-hybridized carbons (Fsp3) is 0.375. The number of H-pyrrole nitrogens is 1. The third-order valence-electron chi connectivity index (χ3n) is 3.57. The highest BCUT2D eigenvalue weighted by atomic mass is 32.2. The standard InChI is InChI=1S/C16H18N4O5S/c1-16(2,3)11(13(22)23)26-15-18-14(19-20-15)17-12(21)8-4-5-9-10(6-8)25-7-24-9/h4-6,11H,7H2,1-3H3,(H,22,23)(H2,17,18,19,20,21). The third kappa shape index (κ3) is 3.90. The van der Waals surface area contributed by atoms with Gasteiger partial charge in [0.25, 0.3) is 5.91 Å². The molecule has 1 aromatic carbocycles. The van der Waals surface area contributed by atoms with E-state index in [0.29, 0.717) is 17.1 Å². The summed E-state index contributed by atoms with van der Waals surface area (Å²) in [5.74, 6) is -0.129. The monoisotopic (exact) mass is 378 g/mol. The van der Waals surface area contributed by atoms with Crippen molar-refractivity contribution in [3.63, 3.8) is 0 Å². The van der Waals surface area contributed by atoms with E-state index in [2.05, 4.69) is 20.5 Å². The van der Waals surface area contributed by atoms with Gasteiger partial charge >= 0.3 is 5.97 Å². The number of carbonyl (C=O) groups is 2. The molecule has 0 spiro atoms. The molecule has 1 amide bonds. The van der Waals surface area contributed by atoms with Crippen LogP contribution in [0.25, 0.3) is 0 Å². The molecule has 10 heteroatoms. The molecule has 0 fully saturated rings. The number of fused-ring (bicyclic) bond motifs is 1. The van der Waals surface area contributed by atoms with Crippen molar-refractivity contribution >= 4 is 29.6 Å². The van der Waals surface area contributed by atoms with Crippen molar-refractivity contribution in [3.8, 4) is 11.5 Å². The van der Waals surface area contributed by atoms with Crippen molar-refractivity contribution in [2.45, 2.75) is 31.2 Å². The number of aromatic nitrogens is 3. The zero-order chi connectivity index (χ0) is 18.9. The number of rotatable bonds is 5. The fourth-order valence-electron chi connectivity index (χ4n) is 2.28. The van der Waals surface area contributed by atoms with Crippen molar-refractivity contribution in [2.75, 3.05) is 12.1 Å². The van der Waals surface area contributed by atoms with E-state index in [1.807, 2.05) is 20.8 Å². The highest BCUT2D eigenvalue weighted by Crippen LogP contribution is 2.34. The van der Waals surface area contributed by atoms with Gasteiger partial charge in [-0.05, 0) is 23.6 Å². The Morgan fingerprint density at radius 3 is 2.73 bits per heavy atom. The number of carboxylic acid groups (broad SMARTS) is 1. The number of anilines is 1. The van der Waals surface area contributed by atoms with Gasteiger partial charge in [0.05, 0.1) is 0 Å². The summed E-state index contributed by atoms with van der Waals surface area (Å²) in [6, 6.07) is 4.83. The van der Waals surface area contributed by atoms with Gasteiger partial charge < -0.3 is 14.6 Å². The number of aromatic amines is 1. The van der Waals surface area contributed by atoms with Crippen LogP contribution in [0, 0.1) is 5.41 Å². The molecule has 9 nitrogen and oxygen atoms in total. The summed E-state index contributed by atoms with van der Waals surface area (Å²) in [5, 5.41) is 18.0. The number of nitrogens with one attached hydrogen (secondary N) is 2. The minimum atomic E-state index is -0.946. The van der Waals surface area contributed by atoms with E-state index in [1.54, 1.807) is 18.2 Å². The van der Waals surface area contributed by atoms with Crippen LogP contribution in [0.15, 0.2) is 23.4 Å². The third-order valence-corrected chi connectivity index (χ3v) is 5.10. The molecule has 1 aromatic heterocycles. The summed E-state index contributed by atoms with van der Waals surface area (Å²) in [5.41, 5.74) is -0.106. The first-order valence-corrected chi connectivity index (χ1v) is 8.65. The number of aliphatic carboxylic acids is 1. The van der Waals surface area contributed by atoms with Gasteiger partial charge in [0.1, 0.15) is 5.25 Å². The molecule has 138 valence electrons. The summed E-state index contributed by atoms with van der Waals surface area (Å²) < 4.78 is 10.4. The number of hydrogen-bond donors (Lipinski definition) is 3. The maximum absolute atomic E-state index is 12.3. The van der Waals surface area contributed by atoms with E-state index < -0.39 is 22.5 Å². The lowest BCUT2D eigenvalue weighted by Crippen LogP contribution is -2.31. The second-order valence-corrected chi connectivity index (χ2v) is 7.76. The molecular formula is C16H18N4O5S. The molecule has 0 aliphatic carbocycles. The highest BCUT2D eigenvalue weighted by molar-refractivity contribution is 8.00. The van der Waals surface area contributed by atoms with Gasteiger partial charge in [0.15, 0.2) is 11.5 Å². The van der Waals surface area contributed by atoms with E-state index in [-0.39, 0.29) is 17.9 Å². The van der Waals surface area contributed by atoms with Crippen LogP contribution in [0.2, 0.25) is 0 Å². The fourth-order valence-corrected chi connectivity index (χ4v) is 3.18. The average Bonchev–Trinajstić information content (AvgIpc) is 3.19. The summed E-state index contributed by atoms with van der Waals surface area (Å²) in [6.45, 7) is 5.61. The van der Waals surface area contributed by atoms with Crippen molar-refractivity contribution in [3.05, 3.63) is 23.8 Å². The molecule has 3 N–H and O–H groups in total. The van der Waals surface area contributed by atoms with Crippen molar-refractivity contribution in [1.82, 2.24) is 15.2 Å². The number of hydrogen-bond acceptors (Lipinski definition) is 7. The van der Waals surface area contributed by atoms with Gasteiger partial charge in [-0.3, -0.25) is 14.9 Å². The lowest BCUT2D eigenvalue weighted by atomic mass is 9.92. The molecule has 1 aliphatic rings. The molecule has 1 unspecified atom stereocenters. The van der Waals surface area contributed by atoms with Gasteiger partial charge in [0.2, 0.25) is 17.9 Å². The van der Waals surface area contributed by atoms with Gasteiger partial charge in [-0.2, -0.15) is 4.98 Å². The number of amides is 1. The van der Waals surface area contributed by atoms with E-state index in [0.717, 1.165) is 11.8 Å². The normalized spacial score (nSPS) is 14.1. The van der Waals surface area contributed by atoms with E-state index >= 15 is 0 Å². The van der Waals surface area contributed by atoms with Gasteiger partial charge in [-0.15, -0.1) is 5.10 Å². The van der Waals surface area contributed by atoms with Crippen LogP contribution >= 0.6 is 11.8 Å². The minimum Gasteiger partial charge on any atom is -0.480 e. The largest absolute Gasteiger partial charge is 0.480 e. The second kappa shape index (κ2) is 6.87. The van der Waals surface area contributed by atoms with Crippen LogP contribution in [0.3, 0.4) is 0 Å². The lowest BCUT2D eigenvalue weighted by molar-refractivity contribution is -0.138. The highest BCUT2D eigenvalue weighted by Gasteiger charge is 2.33. The Labute approximate surface area is 153 Å². The van der Waals surface area contributed by atoms with Crippen molar-refractivity contribution in [2.24, 2.45) is 5.41 Å². The average molecular weight is 378 g/mol. The minimum absolute atomic E-state index is 0.127. The molecular weight excluding hydrogens is 360 g/mol. The van der Waals surface area contributed by atoms with Gasteiger partial charge in [0, 0.05) is 5.56 Å². The Bertz CT molecular complexity index is 845. The zero-order valence-corrected chi connectivity index (χ0v) is 15.2. The summed E-state index contributed by atoms with van der Waals surface area (Å²) in [6.07, 6.45) is 0. The molecule has 0 saturated carbocycles. The van der Waals surface area contributed by atoms with Crippen molar-refractivity contribution in [1.29, 1.82) is 0 Å². The van der Waals surface area contributed by atoms with Crippen LogP contribution in [-0.4, -0.2) is 44.2 Å². The van der Waals surface area contributed by atoms with Crippen LogP contribution in [-0.2, 0) is 4.79 Å². The molecule has 0 radical (unpaired) electrons. The number of carboxylic acids is 1.